The van der Waals surface area contributed by atoms with Crippen LogP contribution in [-0.2, 0) is 9.13 Å². The molecule has 0 aliphatic carbocycles. The number of hydrogen-bond donors (Lipinski definition) is 4. The number of amides is 4. The maximum atomic E-state index is 12.1. The minimum atomic E-state index is -2.39. The second kappa shape index (κ2) is 12.1. The van der Waals surface area contributed by atoms with E-state index in [0.717, 1.165) is 23.1 Å². The topological polar surface area (TPSA) is 116 Å². The normalized spacial score (nSPS) is 11.7. The summed E-state index contributed by atoms with van der Waals surface area (Å²) in [5.41, 5.74) is 0. The van der Waals surface area contributed by atoms with Crippen molar-refractivity contribution in [1.82, 2.24) is 20.1 Å². The summed E-state index contributed by atoms with van der Waals surface area (Å²) in [5, 5.41) is 5.11. The van der Waals surface area contributed by atoms with Crippen molar-refractivity contribution in [2.45, 2.75) is 27.7 Å². The Morgan fingerprint density at radius 3 is 1.25 bits per heavy atom. The highest BCUT2D eigenvalue weighted by Crippen LogP contribution is 2.56. The molecule has 4 amide bonds. The lowest BCUT2D eigenvalue weighted by Gasteiger charge is -2.15. The Morgan fingerprint density at radius 1 is 0.708 bits per heavy atom. The Kier molecular flexibility index (Phi) is 12.0. The van der Waals surface area contributed by atoms with Gasteiger partial charge in [0, 0.05) is 60.9 Å². The Balaban J connectivity index is 3.89. The van der Waals surface area contributed by atoms with Crippen LogP contribution >= 0.6 is 35.8 Å². The second-order valence-electron chi connectivity index (χ2n) is 4.79. The van der Waals surface area contributed by atoms with E-state index >= 15 is 0 Å². The van der Waals surface area contributed by atoms with Crippen molar-refractivity contribution in [3.8, 4) is 0 Å². The van der Waals surface area contributed by atoms with Gasteiger partial charge in [-0.3, -0.25) is 9.44 Å². The first-order chi connectivity index (χ1) is 11.2. The van der Waals surface area contributed by atoms with E-state index in [1.165, 1.54) is 0 Å². The molecule has 0 spiro atoms. The van der Waals surface area contributed by atoms with Gasteiger partial charge in [0.15, 0.2) is 12.7 Å². The average Bonchev–Trinajstić information content (AvgIpc) is 2.61. The largest absolute Gasteiger partial charge is 0.336 e. The van der Waals surface area contributed by atoms with Gasteiger partial charge in [-0.05, 0) is 0 Å². The summed E-state index contributed by atoms with van der Waals surface area (Å²) in [6.45, 7) is 7.76. The summed E-state index contributed by atoms with van der Waals surface area (Å²) in [6, 6.07) is -0.889. The lowest BCUT2D eigenvalue weighted by Crippen LogP contribution is -2.40. The van der Waals surface area contributed by atoms with E-state index in [-0.39, 0.29) is 13.1 Å². The predicted molar refractivity (Wildman–Crippen MR) is 106 cm³/mol. The van der Waals surface area contributed by atoms with Gasteiger partial charge in [0.25, 0.3) is 0 Å². The van der Waals surface area contributed by atoms with Crippen LogP contribution in [0.2, 0.25) is 0 Å². The van der Waals surface area contributed by atoms with Gasteiger partial charge >= 0.3 is 12.1 Å². The monoisotopic (exact) mass is 418 g/mol. The number of urea groups is 2. The van der Waals surface area contributed by atoms with Crippen LogP contribution in [0.3, 0.4) is 0 Å². The van der Waals surface area contributed by atoms with E-state index in [4.69, 9.17) is 0 Å². The first-order valence-electron chi connectivity index (χ1n) is 7.85. The van der Waals surface area contributed by atoms with Crippen LogP contribution < -0.4 is 20.1 Å². The molecule has 0 saturated heterocycles. The number of nitrogens with one attached hydrogen (secondary N) is 4. The van der Waals surface area contributed by atoms with Crippen molar-refractivity contribution in [1.29, 1.82) is 0 Å². The summed E-state index contributed by atoms with van der Waals surface area (Å²) in [5.74, 6) is 0. The fourth-order valence-electron chi connectivity index (χ4n) is 1.38. The second-order valence-corrected chi connectivity index (χ2v) is 16.4. The lowest BCUT2D eigenvalue weighted by atomic mass is 10.6. The summed E-state index contributed by atoms with van der Waals surface area (Å²) in [7, 11) is 0. The Morgan fingerprint density at radius 2 is 1.00 bits per heavy atom. The maximum Gasteiger partial charge on any atom is 0.325 e. The van der Waals surface area contributed by atoms with Gasteiger partial charge in [-0.2, -0.15) is 0 Å². The van der Waals surface area contributed by atoms with Gasteiger partial charge in [-0.1, -0.05) is 27.7 Å². The zero-order valence-electron chi connectivity index (χ0n) is 14.6. The van der Waals surface area contributed by atoms with Gasteiger partial charge in [0.2, 0.25) is 0 Å². The zero-order valence-corrected chi connectivity index (χ0v) is 18.0. The van der Waals surface area contributed by atoms with Crippen LogP contribution in [-0.4, -0.2) is 49.8 Å². The number of carbonyl (C=O) groups is 2. The van der Waals surface area contributed by atoms with Crippen LogP contribution in [0.25, 0.3) is 0 Å². The van der Waals surface area contributed by atoms with Crippen molar-refractivity contribution in [2.75, 3.05) is 37.7 Å². The van der Waals surface area contributed by atoms with Crippen LogP contribution in [0.1, 0.15) is 27.7 Å². The van der Waals surface area contributed by atoms with E-state index < -0.39 is 24.7 Å². The standard InChI is InChI=1S/C12H28N4O4P2S2/c1-5-21(19,6-2)23-15-11(17)13-9-10-14-12(18)16-24-22(20,7-3)8-4/h5-10H2,1-4H3,(H2,13,15,17)(H2,14,16,18). The average molecular weight is 418 g/mol. The minimum absolute atomic E-state index is 0.228. The van der Waals surface area contributed by atoms with Crippen LogP contribution in [0.15, 0.2) is 0 Å². The van der Waals surface area contributed by atoms with E-state index in [9.17, 15) is 18.7 Å². The summed E-state index contributed by atoms with van der Waals surface area (Å²) in [4.78, 5) is 23.1. The lowest BCUT2D eigenvalue weighted by molar-refractivity contribution is 0.242. The summed E-state index contributed by atoms with van der Waals surface area (Å²) >= 11 is 1.94. The fourth-order valence-corrected chi connectivity index (χ4v) is 6.48. The molecule has 8 nitrogen and oxygen atoms in total. The molecule has 0 unspecified atom stereocenters. The smallest absolute Gasteiger partial charge is 0.325 e. The molecule has 0 aromatic heterocycles. The molecule has 0 aromatic carbocycles. The highest BCUT2D eigenvalue weighted by atomic mass is 32.7. The maximum absolute atomic E-state index is 12.1. The Bertz CT molecular complexity index is 447. The summed E-state index contributed by atoms with van der Waals surface area (Å²) < 4.78 is 29.2. The molecular weight excluding hydrogens is 390 g/mol. The fraction of sp³-hybridized carbons (Fsp3) is 0.833. The van der Waals surface area contributed by atoms with Crippen molar-refractivity contribution in [3.05, 3.63) is 0 Å². The van der Waals surface area contributed by atoms with Crippen LogP contribution in [0.4, 0.5) is 9.59 Å². The third-order valence-electron chi connectivity index (χ3n) is 3.23. The molecule has 0 heterocycles. The SMILES string of the molecule is CCP(=O)(CC)SNC(=O)NCCNC(=O)NSP(=O)(CC)CC. The molecule has 0 saturated carbocycles. The van der Waals surface area contributed by atoms with E-state index in [1.807, 2.05) is 27.7 Å². The van der Waals surface area contributed by atoms with Gasteiger partial charge in [-0.25, -0.2) is 9.59 Å². The molecular formula is C12H28N4O4P2S2. The molecule has 0 aromatic rings. The van der Waals surface area contributed by atoms with Gasteiger partial charge in [0.1, 0.15) is 0 Å². The van der Waals surface area contributed by atoms with Crippen molar-refractivity contribution >= 4 is 47.9 Å². The highest BCUT2D eigenvalue weighted by Gasteiger charge is 2.20. The van der Waals surface area contributed by atoms with Crippen LogP contribution in [0.5, 0.6) is 0 Å². The molecule has 0 rings (SSSR count). The molecule has 4 N–H and O–H groups in total. The Hall–Kier alpha value is -0.300. The molecule has 0 atom stereocenters. The first kappa shape index (κ1) is 23.7. The third-order valence-corrected chi connectivity index (χ3v) is 13.9. The molecule has 0 fully saturated rings. The van der Waals surface area contributed by atoms with E-state index in [1.54, 1.807) is 0 Å². The van der Waals surface area contributed by atoms with E-state index in [2.05, 4.69) is 20.1 Å². The quantitative estimate of drug-likeness (QED) is 0.232. The molecule has 12 heteroatoms. The van der Waals surface area contributed by atoms with Gasteiger partial charge in [0.05, 0.1) is 0 Å². The molecule has 0 bridgehead atoms. The molecule has 0 aliphatic rings. The number of hydrogen-bond acceptors (Lipinski definition) is 6. The molecule has 24 heavy (non-hydrogen) atoms. The zero-order chi connectivity index (χ0) is 18.6. The highest BCUT2D eigenvalue weighted by molar-refractivity contribution is 8.57. The van der Waals surface area contributed by atoms with Crippen molar-refractivity contribution < 1.29 is 18.7 Å². The molecule has 142 valence electrons. The molecule has 0 radical (unpaired) electrons. The van der Waals surface area contributed by atoms with Gasteiger partial charge in [-0.15, -0.1) is 0 Å². The third kappa shape index (κ3) is 9.87. The van der Waals surface area contributed by atoms with Crippen LogP contribution in [0, 0.1) is 0 Å². The minimum Gasteiger partial charge on any atom is -0.336 e. The summed E-state index contributed by atoms with van der Waals surface area (Å²) in [6.07, 6.45) is -2.69. The number of carbonyl (C=O) groups excluding carboxylic acids is 2. The Labute approximate surface area is 152 Å². The van der Waals surface area contributed by atoms with E-state index in [0.29, 0.717) is 24.6 Å². The molecule has 0 aliphatic heterocycles. The van der Waals surface area contributed by atoms with Gasteiger partial charge < -0.3 is 19.8 Å². The van der Waals surface area contributed by atoms with Crippen molar-refractivity contribution in [3.63, 3.8) is 0 Å². The predicted octanol–water partition coefficient (Wildman–Crippen LogP) is 3.52. The van der Waals surface area contributed by atoms with Crippen molar-refractivity contribution in [2.24, 2.45) is 0 Å². The number of rotatable bonds is 11. The first-order valence-corrected chi connectivity index (χ1v) is 14.8.